The minimum Gasteiger partial charge on any atom is -0.464 e. The van der Waals surface area contributed by atoms with Crippen LogP contribution in [0.3, 0.4) is 0 Å². The van der Waals surface area contributed by atoms with Crippen LogP contribution in [0.2, 0.25) is 0 Å². The summed E-state index contributed by atoms with van der Waals surface area (Å²) in [7, 11) is 1.55. The third-order valence-electron chi connectivity index (χ3n) is 2.67. The van der Waals surface area contributed by atoms with Gasteiger partial charge in [0.1, 0.15) is 12.3 Å². The van der Waals surface area contributed by atoms with Crippen LogP contribution in [-0.2, 0) is 14.3 Å². The van der Waals surface area contributed by atoms with Crippen LogP contribution < -0.4 is 0 Å². The predicted molar refractivity (Wildman–Crippen MR) is 74.3 cm³/mol. The first-order valence-electron chi connectivity index (χ1n) is 6.46. The molecule has 0 saturated heterocycles. The van der Waals surface area contributed by atoms with Crippen LogP contribution in [0.4, 0.5) is 0 Å². The number of nitrogens with zero attached hydrogens (tertiary/aromatic N) is 1. The van der Waals surface area contributed by atoms with E-state index in [9.17, 15) is 14.4 Å². The minimum atomic E-state index is -0.472. The smallest absolute Gasteiger partial charge is 0.325 e. The lowest BCUT2D eigenvalue weighted by atomic mass is 10.2. The molecular weight excluding hydrogens is 258 g/mol. The molecule has 0 atom stereocenters. The van der Waals surface area contributed by atoms with E-state index >= 15 is 0 Å². The zero-order chi connectivity index (χ0) is 15.0. The van der Waals surface area contributed by atoms with E-state index in [4.69, 9.17) is 4.74 Å². The number of carbonyl (C=O) groups is 3. The highest BCUT2D eigenvalue weighted by molar-refractivity contribution is 5.95. The highest BCUT2D eigenvalue weighted by atomic mass is 16.5. The van der Waals surface area contributed by atoms with E-state index in [-0.39, 0.29) is 24.8 Å². The average molecular weight is 277 g/mol. The first-order valence-corrected chi connectivity index (χ1v) is 6.46. The Kier molecular flexibility index (Phi) is 6.43. The second-order valence-electron chi connectivity index (χ2n) is 4.55. The molecule has 5 heteroatoms. The SMILES string of the molecule is CC(=O)CCCOC(=O)CN(C)C(=O)c1ccccc1. The summed E-state index contributed by atoms with van der Waals surface area (Å²) < 4.78 is 4.96. The van der Waals surface area contributed by atoms with Crippen molar-refractivity contribution < 1.29 is 19.1 Å². The van der Waals surface area contributed by atoms with Crippen molar-refractivity contribution in [2.75, 3.05) is 20.2 Å². The molecule has 0 aliphatic rings. The van der Waals surface area contributed by atoms with E-state index in [0.29, 0.717) is 18.4 Å². The third-order valence-corrected chi connectivity index (χ3v) is 2.67. The summed E-state index contributed by atoms with van der Waals surface area (Å²) >= 11 is 0. The zero-order valence-electron chi connectivity index (χ0n) is 11.8. The first kappa shape index (κ1) is 15.9. The Morgan fingerprint density at radius 2 is 1.80 bits per heavy atom. The lowest BCUT2D eigenvalue weighted by Gasteiger charge is -2.16. The van der Waals surface area contributed by atoms with Gasteiger partial charge < -0.3 is 14.4 Å². The monoisotopic (exact) mass is 277 g/mol. The molecule has 5 nitrogen and oxygen atoms in total. The number of amides is 1. The number of hydrogen-bond acceptors (Lipinski definition) is 4. The van der Waals surface area contributed by atoms with Crippen LogP contribution in [0.5, 0.6) is 0 Å². The number of ketones is 1. The largest absolute Gasteiger partial charge is 0.464 e. The maximum atomic E-state index is 12.0. The number of esters is 1. The normalized spacial score (nSPS) is 9.90. The maximum Gasteiger partial charge on any atom is 0.325 e. The van der Waals surface area contributed by atoms with E-state index in [1.54, 1.807) is 31.3 Å². The molecule has 0 aliphatic heterocycles. The van der Waals surface area contributed by atoms with Crippen molar-refractivity contribution >= 4 is 17.7 Å². The quantitative estimate of drug-likeness (QED) is 0.562. The van der Waals surface area contributed by atoms with Crippen molar-refractivity contribution in [3.63, 3.8) is 0 Å². The first-order chi connectivity index (χ1) is 9.50. The van der Waals surface area contributed by atoms with Crippen LogP contribution in [0.25, 0.3) is 0 Å². The third kappa shape index (κ3) is 5.65. The molecule has 1 amide bonds. The topological polar surface area (TPSA) is 63.7 Å². The molecule has 0 spiro atoms. The van der Waals surface area contributed by atoms with E-state index in [1.165, 1.54) is 11.8 Å². The maximum absolute atomic E-state index is 12.0. The molecule has 0 aromatic heterocycles. The number of Topliss-reactive ketones (excluding diaryl/α,β-unsaturated/α-hetero) is 1. The molecular formula is C15H19NO4. The van der Waals surface area contributed by atoms with Gasteiger partial charge in [-0.3, -0.25) is 9.59 Å². The van der Waals surface area contributed by atoms with Crippen molar-refractivity contribution in [1.29, 1.82) is 0 Å². The van der Waals surface area contributed by atoms with Gasteiger partial charge in [0.25, 0.3) is 5.91 Å². The molecule has 1 aromatic carbocycles. The fourth-order valence-electron chi connectivity index (χ4n) is 1.62. The van der Waals surface area contributed by atoms with Gasteiger partial charge >= 0.3 is 5.97 Å². The van der Waals surface area contributed by atoms with Gasteiger partial charge in [-0.15, -0.1) is 0 Å². The number of benzene rings is 1. The summed E-state index contributed by atoms with van der Waals surface area (Å²) in [5.74, 6) is -0.635. The van der Waals surface area contributed by atoms with Crippen LogP contribution in [0, 0.1) is 0 Å². The molecule has 20 heavy (non-hydrogen) atoms. The van der Waals surface area contributed by atoms with Gasteiger partial charge in [0.05, 0.1) is 6.61 Å². The predicted octanol–water partition coefficient (Wildman–Crippen LogP) is 1.67. The number of hydrogen-bond donors (Lipinski definition) is 0. The van der Waals surface area contributed by atoms with Gasteiger partial charge in [-0.05, 0) is 25.5 Å². The zero-order valence-corrected chi connectivity index (χ0v) is 11.8. The molecule has 0 unspecified atom stereocenters. The molecule has 0 radical (unpaired) electrons. The molecule has 0 N–H and O–H groups in total. The summed E-state index contributed by atoms with van der Waals surface area (Å²) in [4.78, 5) is 35.5. The van der Waals surface area contributed by atoms with Crippen LogP contribution in [0.15, 0.2) is 30.3 Å². The fourth-order valence-corrected chi connectivity index (χ4v) is 1.62. The highest BCUT2D eigenvalue weighted by Gasteiger charge is 2.15. The molecule has 1 aromatic rings. The summed E-state index contributed by atoms with van der Waals surface area (Å²) in [5.41, 5.74) is 0.527. The van der Waals surface area contributed by atoms with Crippen LogP contribution >= 0.6 is 0 Å². The van der Waals surface area contributed by atoms with Gasteiger partial charge in [0.15, 0.2) is 0 Å². The molecule has 0 saturated carbocycles. The standard InChI is InChI=1S/C15H19NO4/c1-12(17)7-6-10-20-14(18)11-16(2)15(19)13-8-4-3-5-9-13/h3-5,8-9H,6-7,10-11H2,1-2H3. The number of likely N-dealkylation sites (N-methyl/N-ethyl adjacent to an activating group) is 1. The highest BCUT2D eigenvalue weighted by Crippen LogP contribution is 2.03. The van der Waals surface area contributed by atoms with Gasteiger partial charge in [-0.1, -0.05) is 18.2 Å². The summed E-state index contributed by atoms with van der Waals surface area (Å²) in [6, 6.07) is 8.73. The van der Waals surface area contributed by atoms with Crippen molar-refractivity contribution in [3.05, 3.63) is 35.9 Å². The molecule has 0 heterocycles. The Hall–Kier alpha value is -2.17. The van der Waals surface area contributed by atoms with Crippen molar-refractivity contribution in [1.82, 2.24) is 4.90 Å². The van der Waals surface area contributed by atoms with Gasteiger partial charge in [0, 0.05) is 19.0 Å². The minimum absolute atomic E-state index is 0.0671. The molecule has 1 rings (SSSR count). The Labute approximate surface area is 118 Å². The number of rotatable bonds is 7. The van der Waals surface area contributed by atoms with Crippen LogP contribution in [-0.4, -0.2) is 42.8 Å². The van der Waals surface area contributed by atoms with Gasteiger partial charge in [-0.2, -0.15) is 0 Å². The summed E-state index contributed by atoms with van der Waals surface area (Å²) in [6.07, 6.45) is 0.906. The Morgan fingerprint density at radius 1 is 1.15 bits per heavy atom. The van der Waals surface area contributed by atoms with E-state index < -0.39 is 5.97 Å². The van der Waals surface area contributed by atoms with Crippen LogP contribution in [0.1, 0.15) is 30.1 Å². The van der Waals surface area contributed by atoms with E-state index in [2.05, 4.69) is 0 Å². The molecule has 108 valence electrons. The Bertz CT molecular complexity index is 470. The second-order valence-corrected chi connectivity index (χ2v) is 4.55. The number of ether oxygens (including phenoxy) is 1. The van der Waals surface area contributed by atoms with Gasteiger partial charge in [0.2, 0.25) is 0 Å². The lowest BCUT2D eigenvalue weighted by molar-refractivity contribution is -0.144. The Balaban J connectivity index is 2.34. The summed E-state index contributed by atoms with van der Waals surface area (Å²) in [6.45, 7) is 1.59. The molecule has 0 bridgehead atoms. The van der Waals surface area contributed by atoms with Gasteiger partial charge in [-0.25, -0.2) is 0 Å². The summed E-state index contributed by atoms with van der Waals surface area (Å²) in [5, 5.41) is 0. The Morgan fingerprint density at radius 3 is 2.40 bits per heavy atom. The second kappa shape index (κ2) is 8.09. The number of carbonyl (C=O) groups excluding carboxylic acids is 3. The van der Waals surface area contributed by atoms with Crippen molar-refractivity contribution in [2.24, 2.45) is 0 Å². The fraction of sp³-hybridized carbons (Fsp3) is 0.400. The average Bonchev–Trinajstić information content (AvgIpc) is 2.43. The molecule has 0 aliphatic carbocycles. The molecule has 0 fully saturated rings. The van der Waals surface area contributed by atoms with E-state index in [1.807, 2.05) is 6.07 Å². The lowest BCUT2D eigenvalue weighted by Crippen LogP contribution is -2.33. The van der Waals surface area contributed by atoms with Crippen molar-refractivity contribution in [2.45, 2.75) is 19.8 Å². The van der Waals surface area contributed by atoms with E-state index in [0.717, 1.165) is 0 Å². The van der Waals surface area contributed by atoms with Crippen molar-refractivity contribution in [3.8, 4) is 0 Å².